The van der Waals surface area contributed by atoms with Crippen LogP contribution in [0.1, 0.15) is 64.7 Å². The quantitative estimate of drug-likeness (QED) is 0.194. The molecule has 1 amide bonds. The predicted octanol–water partition coefficient (Wildman–Crippen LogP) is 4.48. The molecule has 1 N–H and O–H groups in total. The Balaban J connectivity index is 1.62. The number of carbonyl (C=O) groups is 3. The highest BCUT2D eigenvalue weighted by atomic mass is 28.3. The summed E-state index contributed by atoms with van der Waals surface area (Å²) in [4.78, 5) is 57.5. The van der Waals surface area contributed by atoms with Crippen LogP contribution in [0.3, 0.4) is 0 Å². The molecular formula is C32H39N3O7Si. The average molecular weight is 606 g/mol. The van der Waals surface area contributed by atoms with Crippen molar-refractivity contribution in [3.63, 3.8) is 0 Å². The molecule has 4 heterocycles. The summed E-state index contributed by atoms with van der Waals surface area (Å²) in [6.07, 6.45) is -0.771. The minimum atomic E-state index is -2.02. The molecule has 5 rings (SSSR count). The number of alkyl carbamates (subject to hydrolysis) is 1. The fourth-order valence-corrected chi connectivity index (χ4v) is 8.36. The van der Waals surface area contributed by atoms with Gasteiger partial charge in [-0.1, -0.05) is 52.1 Å². The maximum absolute atomic E-state index is 14.0. The van der Waals surface area contributed by atoms with E-state index in [4.69, 9.17) is 19.2 Å². The van der Waals surface area contributed by atoms with Crippen molar-refractivity contribution >= 4 is 42.2 Å². The number of hydrogen-bond acceptors (Lipinski definition) is 8. The first-order valence-corrected chi connectivity index (χ1v) is 17.7. The van der Waals surface area contributed by atoms with Crippen molar-refractivity contribution in [2.45, 2.75) is 91.0 Å². The number of para-hydroxylation sites is 1. The van der Waals surface area contributed by atoms with Crippen molar-refractivity contribution in [2.24, 2.45) is 0 Å². The molecule has 0 bridgehead atoms. The lowest BCUT2D eigenvalue weighted by atomic mass is 9.85. The number of ether oxygens (including phenoxy) is 3. The number of pyridine rings is 2. The van der Waals surface area contributed by atoms with Crippen LogP contribution in [0.2, 0.25) is 18.6 Å². The fraction of sp³-hybridized carbons (Fsp3) is 0.469. The number of cyclic esters (lactones) is 1. The summed E-state index contributed by atoms with van der Waals surface area (Å²) in [6, 6.07) is 9.81. The highest BCUT2D eigenvalue weighted by Crippen LogP contribution is 2.41. The number of amides is 1. The lowest BCUT2D eigenvalue weighted by Crippen LogP contribution is -2.49. The van der Waals surface area contributed by atoms with E-state index in [0.29, 0.717) is 23.5 Å². The van der Waals surface area contributed by atoms with Gasteiger partial charge in [0.05, 0.1) is 37.1 Å². The van der Waals surface area contributed by atoms with E-state index in [0.717, 1.165) is 16.5 Å². The van der Waals surface area contributed by atoms with Crippen LogP contribution < -0.4 is 16.1 Å². The van der Waals surface area contributed by atoms with E-state index >= 15 is 0 Å². The summed E-state index contributed by atoms with van der Waals surface area (Å²) in [6.45, 7) is 15.6. The monoisotopic (exact) mass is 605 g/mol. The van der Waals surface area contributed by atoms with Gasteiger partial charge in [-0.15, -0.1) is 0 Å². The summed E-state index contributed by atoms with van der Waals surface area (Å²) < 4.78 is 18.1. The highest BCUT2D eigenvalue weighted by molar-refractivity contribution is 6.92. The number of rotatable bonds is 6. The van der Waals surface area contributed by atoms with Gasteiger partial charge in [-0.2, -0.15) is 0 Å². The number of esters is 2. The Morgan fingerprint density at radius 2 is 1.86 bits per heavy atom. The van der Waals surface area contributed by atoms with Crippen molar-refractivity contribution < 1.29 is 28.6 Å². The minimum absolute atomic E-state index is 0.0243. The van der Waals surface area contributed by atoms with Gasteiger partial charge in [0.15, 0.2) is 0 Å². The van der Waals surface area contributed by atoms with Gasteiger partial charge in [-0.3, -0.25) is 9.59 Å². The minimum Gasteiger partial charge on any atom is -0.457 e. The second-order valence-corrected chi connectivity index (χ2v) is 18.2. The first-order valence-electron chi connectivity index (χ1n) is 14.7. The van der Waals surface area contributed by atoms with Crippen LogP contribution in [0.25, 0.3) is 22.3 Å². The van der Waals surface area contributed by atoms with E-state index in [1.165, 1.54) is 5.19 Å². The number of benzene rings is 1. The zero-order chi connectivity index (χ0) is 31.5. The molecule has 228 valence electrons. The first kappa shape index (κ1) is 30.5. The number of nitrogens with zero attached hydrogens (tertiary/aromatic N) is 2. The number of fused-ring (bicyclic) bond motifs is 5. The van der Waals surface area contributed by atoms with Crippen LogP contribution in [0.5, 0.6) is 0 Å². The molecule has 10 nitrogen and oxygen atoms in total. The second kappa shape index (κ2) is 10.6. The van der Waals surface area contributed by atoms with Crippen molar-refractivity contribution in [1.82, 2.24) is 14.9 Å². The summed E-state index contributed by atoms with van der Waals surface area (Å²) in [5.74, 6) is -1.63. The molecule has 0 aliphatic carbocycles. The number of hydrogen-bond donors (Lipinski definition) is 1. The molecular weight excluding hydrogens is 566 g/mol. The largest absolute Gasteiger partial charge is 0.457 e. The fourth-order valence-electron chi connectivity index (χ4n) is 5.90. The van der Waals surface area contributed by atoms with Gasteiger partial charge in [-0.05, 0) is 61.0 Å². The SMILES string of the molecule is CC[C@@]1(OC(=O)CNC(=O)OC(C)(C)C)C(=O)OCc2c1cc1n(c2=O)Cc2c-1nc1ccccc1c2[Si](C)(C)C(C)C. The van der Waals surface area contributed by atoms with Gasteiger partial charge in [0.25, 0.3) is 5.56 Å². The van der Waals surface area contributed by atoms with E-state index in [1.54, 1.807) is 38.3 Å². The van der Waals surface area contributed by atoms with Gasteiger partial charge in [0.1, 0.15) is 18.8 Å². The Labute approximate surface area is 251 Å². The van der Waals surface area contributed by atoms with Crippen LogP contribution in [-0.2, 0) is 42.6 Å². The molecule has 0 unspecified atom stereocenters. The smallest absolute Gasteiger partial charge is 0.408 e. The van der Waals surface area contributed by atoms with E-state index in [2.05, 4.69) is 38.3 Å². The van der Waals surface area contributed by atoms with E-state index in [-0.39, 0.29) is 29.7 Å². The molecule has 1 atom stereocenters. The Morgan fingerprint density at radius 3 is 2.51 bits per heavy atom. The third-order valence-corrected chi connectivity index (χ3v) is 13.5. The lowest BCUT2D eigenvalue weighted by molar-refractivity contribution is -0.188. The summed E-state index contributed by atoms with van der Waals surface area (Å²) in [5.41, 5.74) is 1.22. The van der Waals surface area contributed by atoms with Gasteiger partial charge < -0.3 is 24.1 Å². The Kier molecular flexibility index (Phi) is 7.52. The molecule has 0 saturated heterocycles. The van der Waals surface area contributed by atoms with Crippen molar-refractivity contribution in [2.75, 3.05) is 6.54 Å². The van der Waals surface area contributed by atoms with Crippen LogP contribution in [-0.4, -0.2) is 47.8 Å². The molecule has 0 radical (unpaired) electrons. The molecule has 0 spiro atoms. The summed E-state index contributed by atoms with van der Waals surface area (Å²) >= 11 is 0. The van der Waals surface area contributed by atoms with E-state index < -0.39 is 43.9 Å². The number of carbonyl (C=O) groups excluding carboxylic acids is 3. The van der Waals surface area contributed by atoms with Crippen molar-refractivity contribution in [3.8, 4) is 11.4 Å². The first-order chi connectivity index (χ1) is 20.1. The maximum atomic E-state index is 14.0. The van der Waals surface area contributed by atoms with E-state index in [9.17, 15) is 19.2 Å². The molecule has 0 fully saturated rings. The van der Waals surface area contributed by atoms with Gasteiger partial charge in [0, 0.05) is 5.56 Å². The van der Waals surface area contributed by atoms with Crippen molar-refractivity contribution in [3.05, 3.63) is 57.4 Å². The van der Waals surface area contributed by atoms with Crippen LogP contribution in [0.4, 0.5) is 4.79 Å². The topological polar surface area (TPSA) is 126 Å². The van der Waals surface area contributed by atoms with Gasteiger partial charge in [0.2, 0.25) is 5.60 Å². The molecule has 11 heteroatoms. The van der Waals surface area contributed by atoms with Gasteiger partial charge >= 0.3 is 18.0 Å². The molecule has 0 saturated carbocycles. The molecule has 2 aliphatic heterocycles. The number of nitrogens with one attached hydrogen (secondary N) is 1. The Hall–Kier alpha value is -3.99. The van der Waals surface area contributed by atoms with Crippen LogP contribution in [0, 0.1) is 0 Å². The third kappa shape index (κ3) is 5.13. The lowest BCUT2D eigenvalue weighted by Gasteiger charge is -2.35. The maximum Gasteiger partial charge on any atom is 0.408 e. The third-order valence-electron chi connectivity index (χ3n) is 8.71. The molecule has 2 aromatic heterocycles. The predicted molar refractivity (Wildman–Crippen MR) is 165 cm³/mol. The van der Waals surface area contributed by atoms with E-state index in [1.807, 2.05) is 18.2 Å². The van der Waals surface area contributed by atoms with Gasteiger partial charge in [-0.25, -0.2) is 14.6 Å². The van der Waals surface area contributed by atoms with Crippen LogP contribution in [0.15, 0.2) is 35.1 Å². The summed E-state index contributed by atoms with van der Waals surface area (Å²) in [7, 11) is -2.02. The Morgan fingerprint density at radius 1 is 1.16 bits per heavy atom. The zero-order valence-electron chi connectivity index (χ0n) is 26.0. The molecule has 2 aliphatic rings. The molecule has 1 aromatic carbocycles. The zero-order valence-corrected chi connectivity index (χ0v) is 27.0. The second-order valence-electron chi connectivity index (χ2n) is 13.1. The molecule has 43 heavy (non-hydrogen) atoms. The van der Waals surface area contributed by atoms with Crippen LogP contribution >= 0.6 is 0 Å². The molecule has 3 aromatic rings. The summed E-state index contributed by atoms with van der Waals surface area (Å²) in [5, 5.41) is 4.74. The normalized spacial score (nSPS) is 17.7. The number of aromatic nitrogens is 2. The van der Waals surface area contributed by atoms with Crippen molar-refractivity contribution in [1.29, 1.82) is 0 Å². The highest BCUT2D eigenvalue weighted by Gasteiger charge is 2.50. The average Bonchev–Trinajstić information content (AvgIpc) is 3.29. The standard InChI is InChI=1S/C32H39N3O7Si/c1-9-32(41-25(36)15-33-30(39)42-31(4,5)6)22-14-24-26-20(16-35(24)28(37)21(22)17-40-29(32)38)27(43(7,8)18(2)3)19-12-10-11-13-23(19)34-26/h10-14,18H,9,15-17H2,1-8H3,(H,33,39)/t32-/m0/s1. The Bertz CT molecular complexity index is 1720.